The van der Waals surface area contributed by atoms with Crippen molar-refractivity contribution in [2.75, 3.05) is 31.5 Å². The van der Waals surface area contributed by atoms with Gasteiger partial charge in [-0.25, -0.2) is 4.79 Å². The van der Waals surface area contributed by atoms with E-state index in [1.54, 1.807) is 11.1 Å². The number of nitrogens with zero attached hydrogens (tertiary/aromatic N) is 2. The van der Waals surface area contributed by atoms with Crippen LogP contribution in [0.1, 0.15) is 10.4 Å². The number of anilines is 1. The Kier molecular flexibility index (Phi) is 4.31. The lowest BCUT2D eigenvalue weighted by Crippen LogP contribution is -2.51. The van der Waals surface area contributed by atoms with Crippen molar-refractivity contribution < 1.29 is 9.59 Å². The number of carbonyl (C=O) groups is 2. The number of para-hydroxylation sites is 2. The fourth-order valence-electron chi connectivity index (χ4n) is 3.26. The summed E-state index contributed by atoms with van der Waals surface area (Å²) in [4.78, 5) is 31.9. The number of carbonyl (C=O) groups excluding carboxylic acids is 2. The minimum atomic E-state index is -0.129. The van der Waals surface area contributed by atoms with Crippen LogP contribution in [0.15, 0.2) is 60.8 Å². The van der Waals surface area contributed by atoms with Crippen LogP contribution < -0.4 is 5.32 Å². The number of aromatic amines is 1. The normalized spacial score (nSPS) is 14.5. The largest absolute Gasteiger partial charge is 0.360 e. The van der Waals surface area contributed by atoms with Crippen molar-refractivity contribution in [2.45, 2.75) is 0 Å². The van der Waals surface area contributed by atoms with Crippen LogP contribution >= 0.6 is 0 Å². The lowest BCUT2D eigenvalue weighted by Gasteiger charge is -2.34. The number of hydrogen-bond donors (Lipinski definition) is 2. The number of aromatic nitrogens is 1. The Morgan fingerprint density at radius 2 is 1.50 bits per heavy atom. The molecule has 2 aromatic carbocycles. The molecule has 1 aliphatic heterocycles. The predicted octanol–water partition coefficient (Wildman–Crippen LogP) is 3.16. The molecule has 1 saturated heterocycles. The third kappa shape index (κ3) is 3.13. The molecule has 6 nitrogen and oxygen atoms in total. The highest BCUT2D eigenvalue weighted by Gasteiger charge is 2.26. The van der Waals surface area contributed by atoms with Crippen LogP contribution in [0.25, 0.3) is 10.9 Å². The lowest BCUT2D eigenvalue weighted by atomic mass is 10.1. The van der Waals surface area contributed by atoms with Gasteiger partial charge in [0.1, 0.15) is 0 Å². The molecule has 6 heteroatoms. The second kappa shape index (κ2) is 6.92. The van der Waals surface area contributed by atoms with Gasteiger partial charge >= 0.3 is 6.03 Å². The molecule has 0 atom stereocenters. The van der Waals surface area contributed by atoms with Crippen molar-refractivity contribution >= 4 is 28.5 Å². The van der Waals surface area contributed by atoms with Crippen molar-refractivity contribution in [1.29, 1.82) is 0 Å². The van der Waals surface area contributed by atoms with E-state index in [0.29, 0.717) is 31.7 Å². The van der Waals surface area contributed by atoms with Crippen molar-refractivity contribution in [1.82, 2.24) is 14.8 Å². The van der Waals surface area contributed by atoms with Gasteiger partial charge in [0.2, 0.25) is 0 Å². The minimum absolute atomic E-state index is 0.00516. The van der Waals surface area contributed by atoms with Gasteiger partial charge in [-0.1, -0.05) is 36.4 Å². The molecule has 2 N–H and O–H groups in total. The van der Waals surface area contributed by atoms with Crippen molar-refractivity contribution in [2.24, 2.45) is 0 Å². The summed E-state index contributed by atoms with van der Waals surface area (Å²) in [5, 5.41) is 3.82. The van der Waals surface area contributed by atoms with Gasteiger partial charge in [-0.3, -0.25) is 4.79 Å². The van der Waals surface area contributed by atoms with Crippen LogP contribution in [0.5, 0.6) is 0 Å². The van der Waals surface area contributed by atoms with Crippen LogP contribution in [0.2, 0.25) is 0 Å². The number of benzene rings is 2. The number of piperazine rings is 1. The summed E-state index contributed by atoms with van der Waals surface area (Å²) in [7, 11) is 0. The average molecular weight is 348 g/mol. The Bertz CT molecular complexity index is 927. The van der Waals surface area contributed by atoms with Gasteiger partial charge in [0, 0.05) is 49.0 Å². The van der Waals surface area contributed by atoms with Crippen molar-refractivity contribution in [3.8, 4) is 0 Å². The number of nitrogens with one attached hydrogen (secondary N) is 2. The second-order valence-electron chi connectivity index (χ2n) is 6.32. The number of fused-ring (bicyclic) bond motifs is 1. The average Bonchev–Trinajstić information content (AvgIpc) is 3.12. The first-order valence-electron chi connectivity index (χ1n) is 8.69. The predicted molar refractivity (Wildman–Crippen MR) is 101 cm³/mol. The zero-order chi connectivity index (χ0) is 17.9. The highest BCUT2D eigenvalue weighted by atomic mass is 16.2. The van der Waals surface area contributed by atoms with Gasteiger partial charge in [-0.05, 0) is 18.2 Å². The van der Waals surface area contributed by atoms with Gasteiger partial charge < -0.3 is 20.1 Å². The molecule has 0 unspecified atom stereocenters. The molecule has 0 spiro atoms. The van der Waals surface area contributed by atoms with E-state index in [0.717, 1.165) is 16.6 Å². The first kappa shape index (κ1) is 16.2. The molecule has 0 saturated carbocycles. The quantitative estimate of drug-likeness (QED) is 0.747. The summed E-state index contributed by atoms with van der Waals surface area (Å²) >= 11 is 0. The maximum Gasteiger partial charge on any atom is 0.321 e. The summed E-state index contributed by atoms with van der Waals surface area (Å²) < 4.78 is 0. The summed E-state index contributed by atoms with van der Waals surface area (Å²) in [6.07, 6.45) is 1.77. The van der Waals surface area contributed by atoms with E-state index in [1.807, 2.05) is 59.5 Å². The van der Waals surface area contributed by atoms with Crippen molar-refractivity contribution in [3.63, 3.8) is 0 Å². The molecule has 26 heavy (non-hydrogen) atoms. The lowest BCUT2D eigenvalue weighted by molar-refractivity contribution is 0.0673. The van der Waals surface area contributed by atoms with E-state index in [9.17, 15) is 9.59 Å². The highest BCUT2D eigenvalue weighted by molar-refractivity contribution is 6.06. The molecule has 3 aromatic rings. The van der Waals surface area contributed by atoms with E-state index in [-0.39, 0.29) is 11.9 Å². The first-order chi connectivity index (χ1) is 12.7. The van der Waals surface area contributed by atoms with Crippen LogP contribution in [0.4, 0.5) is 10.5 Å². The number of rotatable bonds is 2. The van der Waals surface area contributed by atoms with E-state index >= 15 is 0 Å². The Morgan fingerprint density at radius 3 is 2.27 bits per heavy atom. The molecule has 3 amide bonds. The minimum Gasteiger partial charge on any atom is -0.360 e. The second-order valence-corrected chi connectivity index (χ2v) is 6.32. The van der Waals surface area contributed by atoms with E-state index in [2.05, 4.69) is 10.3 Å². The molecule has 4 rings (SSSR count). The fraction of sp³-hybridized carbons (Fsp3) is 0.200. The zero-order valence-corrected chi connectivity index (χ0v) is 14.3. The number of H-pyrrole nitrogens is 1. The first-order valence-corrected chi connectivity index (χ1v) is 8.69. The standard InChI is InChI=1S/C20H20N4O2/c25-19(17-14-21-18-9-5-4-8-16(17)18)23-10-12-24(13-11-23)20(26)22-15-6-2-1-3-7-15/h1-9,14,21H,10-13H2,(H,22,26). The summed E-state index contributed by atoms with van der Waals surface area (Å²) in [6, 6.07) is 17.0. The third-order valence-corrected chi connectivity index (χ3v) is 4.70. The van der Waals surface area contributed by atoms with Crippen molar-refractivity contribution in [3.05, 3.63) is 66.4 Å². The van der Waals surface area contributed by atoms with E-state index < -0.39 is 0 Å². The maximum atomic E-state index is 12.8. The van der Waals surface area contributed by atoms with Gasteiger partial charge in [-0.15, -0.1) is 0 Å². The maximum absolute atomic E-state index is 12.8. The van der Waals surface area contributed by atoms with Gasteiger partial charge in [0.05, 0.1) is 5.56 Å². The summed E-state index contributed by atoms with van der Waals surface area (Å²) in [5.41, 5.74) is 2.41. The Labute approximate surface area is 151 Å². The van der Waals surface area contributed by atoms with E-state index in [4.69, 9.17) is 0 Å². The SMILES string of the molecule is O=C(Nc1ccccc1)N1CCN(C(=O)c2c[nH]c3ccccc23)CC1. The molecule has 132 valence electrons. The smallest absolute Gasteiger partial charge is 0.321 e. The molecule has 0 radical (unpaired) electrons. The molecular weight excluding hydrogens is 328 g/mol. The van der Waals surface area contributed by atoms with E-state index in [1.165, 1.54) is 0 Å². The molecule has 2 heterocycles. The molecule has 0 aliphatic carbocycles. The van der Waals surface area contributed by atoms with Gasteiger partial charge in [-0.2, -0.15) is 0 Å². The molecule has 1 aromatic heterocycles. The van der Waals surface area contributed by atoms with Gasteiger partial charge in [0.25, 0.3) is 5.91 Å². The topological polar surface area (TPSA) is 68.4 Å². The fourth-order valence-corrected chi connectivity index (χ4v) is 3.26. The number of amides is 3. The third-order valence-electron chi connectivity index (χ3n) is 4.70. The molecule has 0 bridgehead atoms. The molecule has 1 aliphatic rings. The van der Waals surface area contributed by atoms with Crippen LogP contribution in [-0.2, 0) is 0 Å². The summed E-state index contributed by atoms with van der Waals surface area (Å²) in [6.45, 7) is 2.10. The monoisotopic (exact) mass is 348 g/mol. The Morgan fingerprint density at radius 1 is 0.846 bits per heavy atom. The Hall–Kier alpha value is -3.28. The van der Waals surface area contributed by atoms with Crippen LogP contribution in [0, 0.1) is 0 Å². The van der Waals surface area contributed by atoms with Gasteiger partial charge in [0.15, 0.2) is 0 Å². The van der Waals surface area contributed by atoms with Crippen LogP contribution in [0.3, 0.4) is 0 Å². The summed E-state index contributed by atoms with van der Waals surface area (Å²) in [5.74, 6) is 0.00516. The molecular formula is C20H20N4O2. The number of hydrogen-bond acceptors (Lipinski definition) is 2. The van der Waals surface area contributed by atoms with Crippen LogP contribution in [-0.4, -0.2) is 52.9 Å². The number of urea groups is 1. The zero-order valence-electron chi connectivity index (χ0n) is 14.3. The highest BCUT2D eigenvalue weighted by Crippen LogP contribution is 2.20. The Balaban J connectivity index is 1.39. The molecule has 1 fully saturated rings.